The van der Waals surface area contributed by atoms with E-state index in [1.54, 1.807) is 4.68 Å². The number of aromatic nitrogens is 5. The zero-order chi connectivity index (χ0) is 12.3. The normalized spacial score (nSPS) is 10.5. The van der Waals surface area contributed by atoms with Gasteiger partial charge >= 0.3 is 0 Å². The highest BCUT2D eigenvalue weighted by atomic mass is 15.2. The molecule has 2 aromatic heterocycles. The Balaban J connectivity index is 1.87. The van der Waals surface area contributed by atoms with Crippen LogP contribution in [0.15, 0.2) is 12.4 Å². The molecule has 2 rings (SSSR count). The van der Waals surface area contributed by atoms with Gasteiger partial charge in [-0.05, 0) is 25.8 Å². The van der Waals surface area contributed by atoms with Crippen LogP contribution in [0.5, 0.6) is 0 Å². The van der Waals surface area contributed by atoms with Crippen LogP contribution in [0.2, 0.25) is 0 Å². The van der Waals surface area contributed by atoms with Crippen molar-refractivity contribution >= 4 is 5.95 Å². The number of anilines is 1. The van der Waals surface area contributed by atoms with Gasteiger partial charge in [-0.2, -0.15) is 10.2 Å². The minimum Gasteiger partial charge on any atom is -0.353 e. The van der Waals surface area contributed by atoms with Crippen LogP contribution in [-0.2, 0) is 13.5 Å². The van der Waals surface area contributed by atoms with E-state index in [1.807, 2.05) is 33.3 Å². The molecule has 2 heterocycles. The van der Waals surface area contributed by atoms with E-state index in [9.17, 15) is 0 Å². The molecule has 0 atom stereocenters. The molecule has 0 amide bonds. The molecule has 1 N–H and O–H groups in total. The minimum atomic E-state index is 0.581. The first-order valence-electron chi connectivity index (χ1n) is 5.54. The Labute approximate surface area is 100 Å². The van der Waals surface area contributed by atoms with Crippen molar-refractivity contribution in [3.05, 3.63) is 29.3 Å². The molecule has 6 nitrogen and oxygen atoms in total. The molecule has 0 unspecified atom stereocenters. The molecule has 2 aromatic rings. The van der Waals surface area contributed by atoms with Gasteiger partial charge in [0.2, 0.25) is 5.95 Å². The highest BCUT2D eigenvalue weighted by Crippen LogP contribution is 2.03. The third kappa shape index (κ3) is 2.99. The summed E-state index contributed by atoms with van der Waals surface area (Å²) in [5.74, 6) is 0.581. The largest absolute Gasteiger partial charge is 0.353 e. The highest BCUT2D eigenvalue weighted by Gasteiger charge is 2.01. The molecule has 0 fully saturated rings. The zero-order valence-corrected chi connectivity index (χ0v) is 10.3. The summed E-state index contributed by atoms with van der Waals surface area (Å²) in [6.07, 6.45) is 4.76. The summed E-state index contributed by atoms with van der Waals surface area (Å²) < 4.78 is 1.80. The molecule has 0 aliphatic rings. The summed E-state index contributed by atoms with van der Waals surface area (Å²) in [6.45, 7) is 4.60. The number of hydrogen-bond donors (Lipinski definition) is 1. The summed E-state index contributed by atoms with van der Waals surface area (Å²) in [4.78, 5) is 4.30. The lowest BCUT2D eigenvalue weighted by Gasteiger charge is -2.04. The van der Waals surface area contributed by atoms with E-state index in [0.717, 1.165) is 24.4 Å². The zero-order valence-electron chi connectivity index (χ0n) is 10.3. The quantitative estimate of drug-likeness (QED) is 0.847. The van der Waals surface area contributed by atoms with E-state index in [-0.39, 0.29) is 0 Å². The van der Waals surface area contributed by atoms with Gasteiger partial charge in [0, 0.05) is 19.8 Å². The summed E-state index contributed by atoms with van der Waals surface area (Å²) in [5, 5.41) is 15.3. The van der Waals surface area contributed by atoms with Crippen molar-refractivity contribution in [2.45, 2.75) is 20.3 Å². The Morgan fingerprint density at radius 2 is 2.06 bits per heavy atom. The van der Waals surface area contributed by atoms with Gasteiger partial charge in [0.15, 0.2) is 0 Å². The average Bonchev–Trinajstić information content (AvgIpc) is 2.70. The van der Waals surface area contributed by atoms with Gasteiger partial charge in [-0.3, -0.25) is 4.68 Å². The molecule has 0 aliphatic heterocycles. The van der Waals surface area contributed by atoms with Gasteiger partial charge in [0.05, 0.1) is 17.6 Å². The summed E-state index contributed by atoms with van der Waals surface area (Å²) in [7, 11) is 1.91. The monoisotopic (exact) mass is 232 g/mol. The van der Waals surface area contributed by atoms with E-state index in [1.165, 1.54) is 5.56 Å². The predicted molar refractivity (Wildman–Crippen MR) is 64.7 cm³/mol. The van der Waals surface area contributed by atoms with Gasteiger partial charge in [-0.1, -0.05) is 0 Å². The lowest BCUT2D eigenvalue weighted by Crippen LogP contribution is -2.10. The maximum atomic E-state index is 4.30. The van der Waals surface area contributed by atoms with Crippen molar-refractivity contribution in [3.63, 3.8) is 0 Å². The van der Waals surface area contributed by atoms with Crippen molar-refractivity contribution < 1.29 is 0 Å². The first-order valence-corrected chi connectivity index (χ1v) is 5.54. The molecule has 0 saturated heterocycles. The maximum absolute atomic E-state index is 4.30. The third-order valence-corrected chi connectivity index (χ3v) is 2.55. The van der Waals surface area contributed by atoms with Crippen LogP contribution in [0.3, 0.4) is 0 Å². The van der Waals surface area contributed by atoms with Crippen LogP contribution in [0.25, 0.3) is 0 Å². The van der Waals surface area contributed by atoms with Gasteiger partial charge < -0.3 is 5.32 Å². The Morgan fingerprint density at radius 1 is 1.24 bits per heavy atom. The van der Waals surface area contributed by atoms with E-state index < -0.39 is 0 Å². The van der Waals surface area contributed by atoms with Crippen molar-refractivity contribution in [2.75, 3.05) is 11.9 Å². The molecular weight excluding hydrogens is 216 g/mol. The second-order valence-electron chi connectivity index (χ2n) is 4.01. The Kier molecular flexibility index (Phi) is 3.32. The lowest BCUT2D eigenvalue weighted by atomic mass is 10.2. The van der Waals surface area contributed by atoms with Crippen LogP contribution in [0, 0.1) is 13.8 Å². The van der Waals surface area contributed by atoms with Gasteiger partial charge in [-0.25, -0.2) is 4.98 Å². The van der Waals surface area contributed by atoms with Gasteiger partial charge in [0.1, 0.15) is 0 Å². The fourth-order valence-electron chi connectivity index (χ4n) is 1.45. The van der Waals surface area contributed by atoms with Crippen LogP contribution >= 0.6 is 0 Å². The van der Waals surface area contributed by atoms with E-state index in [2.05, 4.69) is 25.6 Å². The van der Waals surface area contributed by atoms with Crippen molar-refractivity contribution in [1.82, 2.24) is 25.0 Å². The Morgan fingerprint density at radius 3 is 2.71 bits per heavy atom. The predicted octanol–water partition coefficient (Wildman–Crippen LogP) is 0.877. The molecular formula is C11H16N6. The average molecular weight is 232 g/mol. The molecule has 0 aliphatic carbocycles. The smallest absolute Gasteiger partial charge is 0.242 e. The fraction of sp³-hybridized carbons (Fsp3) is 0.455. The Bertz CT molecular complexity index is 504. The van der Waals surface area contributed by atoms with Gasteiger partial charge in [0.25, 0.3) is 0 Å². The summed E-state index contributed by atoms with van der Waals surface area (Å²) in [5.41, 5.74) is 2.96. The van der Waals surface area contributed by atoms with Crippen LogP contribution in [-0.4, -0.2) is 31.5 Å². The molecule has 6 heteroatoms. The molecule has 0 aromatic carbocycles. The number of nitrogens with one attached hydrogen (secondary N) is 1. The molecule has 0 radical (unpaired) electrons. The number of nitrogens with zero attached hydrogens (tertiary/aromatic N) is 5. The molecule has 17 heavy (non-hydrogen) atoms. The number of hydrogen-bond acceptors (Lipinski definition) is 5. The fourth-order valence-corrected chi connectivity index (χ4v) is 1.45. The first-order chi connectivity index (χ1) is 8.15. The molecule has 0 bridgehead atoms. The second kappa shape index (κ2) is 4.90. The van der Waals surface area contributed by atoms with Crippen molar-refractivity contribution in [1.29, 1.82) is 0 Å². The van der Waals surface area contributed by atoms with Crippen LogP contribution < -0.4 is 5.32 Å². The number of rotatable bonds is 4. The topological polar surface area (TPSA) is 68.5 Å². The number of aryl methyl sites for hydroxylation is 3. The van der Waals surface area contributed by atoms with Crippen LogP contribution in [0.1, 0.15) is 17.0 Å². The summed E-state index contributed by atoms with van der Waals surface area (Å²) >= 11 is 0. The van der Waals surface area contributed by atoms with E-state index in [4.69, 9.17) is 0 Å². The van der Waals surface area contributed by atoms with Gasteiger partial charge in [-0.15, -0.1) is 5.10 Å². The van der Waals surface area contributed by atoms with E-state index >= 15 is 0 Å². The molecule has 0 spiro atoms. The van der Waals surface area contributed by atoms with E-state index in [0.29, 0.717) is 5.95 Å². The van der Waals surface area contributed by atoms with Crippen LogP contribution in [0.4, 0.5) is 5.95 Å². The highest BCUT2D eigenvalue weighted by molar-refractivity contribution is 5.25. The summed E-state index contributed by atoms with van der Waals surface area (Å²) in [6, 6.07) is 0. The van der Waals surface area contributed by atoms with Crippen molar-refractivity contribution in [2.24, 2.45) is 7.05 Å². The Hall–Kier alpha value is -1.98. The minimum absolute atomic E-state index is 0.581. The molecule has 90 valence electrons. The SMILES string of the molecule is Cc1nnc(NCCc2cnn(C)c2)nc1C. The standard InChI is InChI=1S/C11H16N6/c1-8-9(2)15-16-11(14-8)12-5-4-10-6-13-17(3)7-10/h6-7H,4-5H2,1-3H3,(H,12,14,16). The second-order valence-corrected chi connectivity index (χ2v) is 4.01. The lowest BCUT2D eigenvalue weighted by molar-refractivity contribution is 0.766. The third-order valence-electron chi connectivity index (χ3n) is 2.55. The first kappa shape index (κ1) is 11.5. The molecule has 0 saturated carbocycles. The van der Waals surface area contributed by atoms with Crippen molar-refractivity contribution in [3.8, 4) is 0 Å². The maximum Gasteiger partial charge on any atom is 0.242 e.